The van der Waals surface area contributed by atoms with E-state index in [9.17, 15) is 8.78 Å². The lowest BCUT2D eigenvalue weighted by atomic mass is 10.0. The molecule has 4 nitrogen and oxygen atoms in total. The van der Waals surface area contributed by atoms with Crippen LogP contribution in [0.3, 0.4) is 0 Å². The van der Waals surface area contributed by atoms with Gasteiger partial charge < -0.3 is 14.4 Å². The Morgan fingerprint density at radius 2 is 2.00 bits per heavy atom. The molecule has 28 heavy (non-hydrogen) atoms. The minimum absolute atomic E-state index is 0.0220. The van der Waals surface area contributed by atoms with Crippen LogP contribution < -0.4 is 9.64 Å². The third-order valence-corrected chi connectivity index (χ3v) is 5.66. The van der Waals surface area contributed by atoms with E-state index in [0.717, 1.165) is 25.7 Å². The molecular formula is C21H23ClF2N2O2. The SMILES string of the molecule is COC[C@@H]1C[C@@H]2CN(Cc3ccccc3)CCN2c2c(F)c(F)cc(Cl)c2O1. The Labute approximate surface area is 168 Å². The van der Waals surface area contributed by atoms with E-state index in [1.807, 2.05) is 23.1 Å². The molecule has 0 N–H and O–H groups in total. The van der Waals surface area contributed by atoms with E-state index in [-0.39, 0.29) is 28.6 Å². The minimum Gasteiger partial charge on any atom is -0.484 e. The molecular weight excluding hydrogens is 386 g/mol. The van der Waals surface area contributed by atoms with Crippen LogP contribution in [0.15, 0.2) is 36.4 Å². The fraction of sp³-hybridized carbons (Fsp3) is 0.429. The third kappa shape index (κ3) is 3.81. The lowest BCUT2D eigenvalue weighted by Crippen LogP contribution is -2.53. The van der Waals surface area contributed by atoms with E-state index in [2.05, 4.69) is 17.0 Å². The van der Waals surface area contributed by atoms with E-state index in [1.54, 1.807) is 7.11 Å². The van der Waals surface area contributed by atoms with Crippen LogP contribution in [0.4, 0.5) is 14.5 Å². The maximum atomic E-state index is 14.8. The first kappa shape index (κ1) is 19.4. The van der Waals surface area contributed by atoms with E-state index in [0.29, 0.717) is 19.6 Å². The number of benzene rings is 2. The maximum Gasteiger partial charge on any atom is 0.186 e. The molecule has 150 valence electrons. The van der Waals surface area contributed by atoms with Gasteiger partial charge in [-0.05, 0) is 11.6 Å². The molecule has 1 fully saturated rings. The van der Waals surface area contributed by atoms with Gasteiger partial charge in [0.1, 0.15) is 11.8 Å². The highest BCUT2D eigenvalue weighted by Crippen LogP contribution is 2.44. The van der Waals surface area contributed by atoms with Gasteiger partial charge in [-0.3, -0.25) is 4.90 Å². The van der Waals surface area contributed by atoms with Gasteiger partial charge in [-0.2, -0.15) is 0 Å². The van der Waals surface area contributed by atoms with E-state index in [4.69, 9.17) is 21.1 Å². The molecule has 0 bridgehead atoms. The molecule has 2 heterocycles. The summed E-state index contributed by atoms with van der Waals surface area (Å²) in [6.45, 7) is 3.22. The van der Waals surface area contributed by atoms with E-state index in [1.165, 1.54) is 5.56 Å². The van der Waals surface area contributed by atoms with Crippen molar-refractivity contribution < 1.29 is 18.3 Å². The molecule has 0 radical (unpaired) electrons. The van der Waals surface area contributed by atoms with Crippen molar-refractivity contribution in [1.29, 1.82) is 0 Å². The Morgan fingerprint density at radius 3 is 2.75 bits per heavy atom. The van der Waals surface area contributed by atoms with Crippen LogP contribution in [0.25, 0.3) is 0 Å². The number of hydrogen-bond donors (Lipinski definition) is 0. The second kappa shape index (κ2) is 8.23. The zero-order valence-electron chi connectivity index (χ0n) is 15.7. The molecule has 2 aliphatic heterocycles. The highest BCUT2D eigenvalue weighted by atomic mass is 35.5. The number of piperazine rings is 1. The molecule has 2 aliphatic rings. The van der Waals surface area contributed by atoms with Gasteiger partial charge in [0.2, 0.25) is 0 Å². The lowest BCUT2D eigenvalue weighted by Gasteiger charge is -2.42. The van der Waals surface area contributed by atoms with Crippen LogP contribution in [-0.2, 0) is 11.3 Å². The first-order chi connectivity index (χ1) is 13.6. The van der Waals surface area contributed by atoms with Crippen molar-refractivity contribution >= 4 is 17.3 Å². The molecule has 2 aromatic rings. The summed E-state index contributed by atoms with van der Waals surface area (Å²) in [6.07, 6.45) is 0.364. The van der Waals surface area contributed by atoms with E-state index >= 15 is 0 Å². The predicted octanol–water partition coefficient (Wildman–Crippen LogP) is 4.11. The summed E-state index contributed by atoms with van der Waals surface area (Å²) in [6, 6.07) is 11.2. The van der Waals surface area contributed by atoms with Crippen molar-refractivity contribution in [2.45, 2.75) is 25.1 Å². The predicted molar refractivity (Wildman–Crippen MR) is 105 cm³/mol. The van der Waals surface area contributed by atoms with Gasteiger partial charge >= 0.3 is 0 Å². The topological polar surface area (TPSA) is 24.9 Å². The molecule has 4 rings (SSSR count). The quantitative estimate of drug-likeness (QED) is 0.711. The number of halogens is 3. The Bertz CT molecular complexity index is 837. The molecule has 1 saturated heterocycles. The zero-order valence-corrected chi connectivity index (χ0v) is 16.5. The summed E-state index contributed by atoms with van der Waals surface area (Å²) in [5.41, 5.74) is 1.36. The Kier molecular flexibility index (Phi) is 5.71. The van der Waals surface area contributed by atoms with Crippen LogP contribution in [0.5, 0.6) is 5.75 Å². The largest absolute Gasteiger partial charge is 0.484 e. The number of rotatable bonds is 4. The highest BCUT2D eigenvalue weighted by molar-refractivity contribution is 6.32. The number of anilines is 1. The summed E-state index contributed by atoms with van der Waals surface area (Å²) in [5.74, 6) is -1.65. The van der Waals surface area contributed by atoms with Crippen molar-refractivity contribution in [3.63, 3.8) is 0 Å². The van der Waals surface area contributed by atoms with Crippen LogP contribution >= 0.6 is 11.6 Å². The van der Waals surface area contributed by atoms with E-state index < -0.39 is 11.6 Å². The molecule has 0 unspecified atom stereocenters. The van der Waals surface area contributed by atoms with Gasteiger partial charge in [0, 0.05) is 45.8 Å². The average Bonchev–Trinajstić information content (AvgIpc) is 2.84. The summed E-state index contributed by atoms with van der Waals surface area (Å²) >= 11 is 6.22. The normalized spacial score (nSPS) is 22.2. The van der Waals surface area contributed by atoms with Crippen LogP contribution in [0.2, 0.25) is 5.02 Å². The van der Waals surface area contributed by atoms with Crippen molar-refractivity contribution in [2.75, 3.05) is 38.3 Å². The van der Waals surface area contributed by atoms with Crippen molar-refractivity contribution in [2.24, 2.45) is 0 Å². The number of ether oxygens (including phenoxy) is 2. The molecule has 0 aromatic heterocycles. The van der Waals surface area contributed by atoms with Crippen molar-refractivity contribution in [1.82, 2.24) is 4.90 Å². The van der Waals surface area contributed by atoms with Gasteiger partial charge in [-0.25, -0.2) is 8.78 Å². The number of methoxy groups -OCH3 is 1. The number of hydrogen-bond acceptors (Lipinski definition) is 4. The summed E-state index contributed by atoms with van der Waals surface area (Å²) in [4.78, 5) is 4.25. The summed E-state index contributed by atoms with van der Waals surface area (Å²) in [5, 5.41) is 0.0855. The van der Waals surface area contributed by atoms with Crippen LogP contribution in [-0.4, -0.2) is 50.4 Å². The smallest absolute Gasteiger partial charge is 0.186 e. The van der Waals surface area contributed by atoms with Crippen LogP contribution in [0.1, 0.15) is 12.0 Å². The van der Waals surface area contributed by atoms with Gasteiger partial charge in [0.25, 0.3) is 0 Å². The van der Waals surface area contributed by atoms with Crippen molar-refractivity contribution in [3.05, 3.63) is 58.6 Å². The molecule has 0 aliphatic carbocycles. The minimum atomic E-state index is -0.956. The molecule has 7 heteroatoms. The monoisotopic (exact) mass is 408 g/mol. The van der Waals surface area contributed by atoms with Gasteiger partial charge in [0.05, 0.1) is 11.6 Å². The standard InChI is InChI=1S/C21H23ClF2N2O2/c1-27-13-16-9-15-12-25(11-14-5-3-2-4-6-14)7-8-26(15)20-19(24)18(23)10-17(22)21(20)28-16/h2-6,10,15-16H,7-9,11-13H2,1H3/t15-,16+/m1/s1. The van der Waals surface area contributed by atoms with Gasteiger partial charge in [-0.1, -0.05) is 41.9 Å². The third-order valence-electron chi connectivity index (χ3n) is 5.38. The number of fused-ring (bicyclic) bond motifs is 3. The first-order valence-electron chi connectivity index (χ1n) is 9.42. The van der Waals surface area contributed by atoms with Gasteiger partial charge in [0.15, 0.2) is 17.4 Å². The average molecular weight is 409 g/mol. The zero-order chi connectivity index (χ0) is 19.7. The second-order valence-corrected chi connectivity index (χ2v) is 7.74. The fourth-order valence-electron chi connectivity index (χ4n) is 4.14. The fourth-order valence-corrected chi connectivity index (χ4v) is 4.37. The molecule has 2 atom stereocenters. The molecule has 2 aromatic carbocycles. The highest BCUT2D eigenvalue weighted by Gasteiger charge is 2.38. The Balaban J connectivity index is 1.64. The summed E-state index contributed by atoms with van der Waals surface area (Å²) in [7, 11) is 1.60. The lowest BCUT2D eigenvalue weighted by molar-refractivity contribution is 0.0698. The Hall–Kier alpha value is -1.89. The van der Waals surface area contributed by atoms with Crippen molar-refractivity contribution in [3.8, 4) is 5.75 Å². The first-order valence-corrected chi connectivity index (χ1v) is 9.80. The van der Waals surface area contributed by atoms with Crippen LogP contribution in [0, 0.1) is 11.6 Å². The molecule has 0 saturated carbocycles. The maximum absolute atomic E-state index is 14.8. The molecule has 0 amide bonds. The molecule has 0 spiro atoms. The summed E-state index contributed by atoms with van der Waals surface area (Å²) < 4.78 is 40.1. The number of nitrogens with zero attached hydrogens (tertiary/aromatic N) is 2. The van der Waals surface area contributed by atoms with Gasteiger partial charge in [-0.15, -0.1) is 0 Å². The Morgan fingerprint density at radius 1 is 1.21 bits per heavy atom. The second-order valence-electron chi connectivity index (χ2n) is 7.33.